The van der Waals surface area contributed by atoms with E-state index in [2.05, 4.69) is 25.6 Å². The summed E-state index contributed by atoms with van der Waals surface area (Å²) in [5.41, 5.74) is 0.390. The molecule has 7 nitrogen and oxygen atoms in total. The predicted molar refractivity (Wildman–Crippen MR) is 73.6 cm³/mol. The fourth-order valence-electron chi connectivity index (χ4n) is 2.62. The van der Waals surface area contributed by atoms with Crippen LogP contribution in [-0.2, 0) is 11.0 Å². The fourth-order valence-corrected chi connectivity index (χ4v) is 2.62. The minimum Gasteiger partial charge on any atom is -0.365 e. The third-order valence-electron chi connectivity index (χ3n) is 3.94. The van der Waals surface area contributed by atoms with Crippen LogP contribution in [0.4, 0.5) is 19.0 Å². The second kappa shape index (κ2) is 4.80. The number of fused-ring (bicyclic) bond motifs is 1. The Balaban J connectivity index is 1.84. The average molecular weight is 326 g/mol. The summed E-state index contributed by atoms with van der Waals surface area (Å²) in [5, 5.41) is 5.63. The molecular formula is C13H13F3N6O. The van der Waals surface area contributed by atoms with Gasteiger partial charge in [-0.2, -0.15) is 13.2 Å². The van der Waals surface area contributed by atoms with Crippen LogP contribution in [0.5, 0.6) is 0 Å². The van der Waals surface area contributed by atoms with Gasteiger partial charge in [0, 0.05) is 19.0 Å². The largest absolute Gasteiger partial charge is 0.451 e. The van der Waals surface area contributed by atoms with E-state index in [0.717, 1.165) is 12.8 Å². The van der Waals surface area contributed by atoms with Crippen LogP contribution >= 0.6 is 0 Å². The maximum atomic E-state index is 13.1. The lowest BCUT2D eigenvalue weighted by Gasteiger charge is -2.13. The number of carbonyl (C=O) groups excluding carboxylic acids is 1. The number of aromatic nitrogens is 4. The Labute approximate surface area is 128 Å². The van der Waals surface area contributed by atoms with Gasteiger partial charge in [-0.05, 0) is 12.8 Å². The van der Waals surface area contributed by atoms with Crippen molar-refractivity contribution in [2.45, 2.75) is 37.5 Å². The maximum absolute atomic E-state index is 13.1. The first-order valence-electron chi connectivity index (χ1n) is 7.27. The summed E-state index contributed by atoms with van der Waals surface area (Å²) in [5.74, 6) is -1.24. The Morgan fingerprint density at radius 3 is 2.70 bits per heavy atom. The first-order chi connectivity index (χ1) is 10.9. The van der Waals surface area contributed by atoms with Gasteiger partial charge in [0.25, 0.3) is 0 Å². The highest BCUT2D eigenvalue weighted by atomic mass is 19.4. The standard InChI is InChI=1S/C13H13F3N6O/c14-13(15,16)12-20-10(19-6-1-2-6)9-11(21-12)22(5-18-9)7-3-8(23)17-4-7/h5-7H,1-4H2,(H,17,23)(H,19,20,21)/t7-/m1/s1. The molecule has 23 heavy (non-hydrogen) atoms. The summed E-state index contributed by atoms with van der Waals surface area (Å²) >= 11 is 0. The van der Waals surface area contributed by atoms with Crippen molar-refractivity contribution in [1.82, 2.24) is 24.8 Å². The number of imidazole rings is 1. The van der Waals surface area contributed by atoms with Crippen molar-refractivity contribution in [3.05, 3.63) is 12.2 Å². The van der Waals surface area contributed by atoms with Gasteiger partial charge in [0.05, 0.1) is 12.4 Å². The number of hydrogen-bond acceptors (Lipinski definition) is 5. The lowest BCUT2D eigenvalue weighted by Crippen LogP contribution is -2.17. The summed E-state index contributed by atoms with van der Waals surface area (Å²) in [4.78, 5) is 22.8. The van der Waals surface area contributed by atoms with Crippen LogP contribution in [0.2, 0.25) is 0 Å². The van der Waals surface area contributed by atoms with Crippen LogP contribution in [0.15, 0.2) is 6.33 Å². The minimum absolute atomic E-state index is 0.0944. The first kappa shape index (κ1) is 14.2. The number of carbonyl (C=O) groups is 1. The zero-order valence-electron chi connectivity index (χ0n) is 11.9. The fraction of sp³-hybridized carbons (Fsp3) is 0.538. The summed E-state index contributed by atoms with van der Waals surface area (Å²) in [6.45, 7) is 0.348. The van der Waals surface area contributed by atoms with Crippen molar-refractivity contribution in [2.24, 2.45) is 0 Å². The number of hydrogen-bond donors (Lipinski definition) is 2. The molecule has 0 radical (unpaired) electrons. The Morgan fingerprint density at radius 1 is 1.30 bits per heavy atom. The third-order valence-corrected chi connectivity index (χ3v) is 3.94. The molecule has 1 aliphatic heterocycles. The summed E-state index contributed by atoms with van der Waals surface area (Å²) < 4.78 is 40.7. The van der Waals surface area contributed by atoms with Gasteiger partial charge in [-0.1, -0.05) is 0 Å². The number of rotatable bonds is 3. The van der Waals surface area contributed by atoms with Crippen molar-refractivity contribution in [1.29, 1.82) is 0 Å². The van der Waals surface area contributed by atoms with Crippen LogP contribution in [-0.4, -0.2) is 38.0 Å². The molecule has 2 aromatic heterocycles. The summed E-state index contributed by atoms with van der Waals surface area (Å²) in [6, 6.07) is -0.161. The minimum atomic E-state index is -4.65. The number of alkyl halides is 3. The molecule has 2 N–H and O–H groups in total. The molecule has 1 atom stereocenters. The molecule has 1 aliphatic carbocycles. The Hall–Kier alpha value is -2.39. The second-order valence-electron chi connectivity index (χ2n) is 5.80. The average Bonchev–Trinajstić information content (AvgIpc) is 3.02. The van der Waals surface area contributed by atoms with Crippen molar-refractivity contribution in [2.75, 3.05) is 11.9 Å². The molecule has 3 heterocycles. The van der Waals surface area contributed by atoms with Crippen LogP contribution < -0.4 is 10.6 Å². The summed E-state index contributed by atoms with van der Waals surface area (Å²) in [7, 11) is 0. The van der Waals surface area contributed by atoms with Crippen LogP contribution in [0.1, 0.15) is 31.1 Å². The van der Waals surface area contributed by atoms with E-state index in [1.807, 2.05) is 0 Å². The van der Waals surface area contributed by atoms with Crippen molar-refractivity contribution >= 4 is 22.9 Å². The van der Waals surface area contributed by atoms with E-state index >= 15 is 0 Å². The highest BCUT2D eigenvalue weighted by Gasteiger charge is 2.37. The molecule has 0 spiro atoms. The van der Waals surface area contributed by atoms with Crippen molar-refractivity contribution in [3.8, 4) is 0 Å². The monoisotopic (exact) mass is 326 g/mol. The molecule has 0 aromatic carbocycles. The van der Waals surface area contributed by atoms with Gasteiger partial charge in [-0.15, -0.1) is 0 Å². The van der Waals surface area contributed by atoms with E-state index in [0.29, 0.717) is 12.1 Å². The highest BCUT2D eigenvalue weighted by molar-refractivity contribution is 5.84. The normalized spacial score (nSPS) is 21.7. The number of amides is 1. The lowest BCUT2D eigenvalue weighted by atomic mass is 10.2. The van der Waals surface area contributed by atoms with Gasteiger partial charge in [0.2, 0.25) is 11.7 Å². The number of nitrogens with zero attached hydrogens (tertiary/aromatic N) is 4. The third kappa shape index (κ3) is 2.57. The molecule has 4 rings (SSSR count). The molecule has 1 amide bonds. The Bertz CT molecular complexity index is 782. The van der Waals surface area contributed by atoms with Crippen LogP contribution in [0, 0.1) is 0 Å². The van der Waals surface area contributed by atoms with Gasteiger partial charge < -0.3 is 15.2 Å². The SMILES string of the molecule is O=C1C[C@@H](n2cnc3c(NC4CC4)nc(C(F)(F)F)nc32)CN1. The van der Waals surface area contributed by atoms with E-state index in [1.54, 1.807) is 0 Å². The van der Waals surface area contributed by atoms with Crippen LogP contribution in [0.3, 0.4) is 0 Å². The number of anilines is 1. The zero-order valence-corrected chi connectivity index (χ0v) is 11.9. The molecule has 2 aromatic rings. The number of halogens is 3. The van der Waals surface area contributed by atoms with E-state index < -0.39 is 12.0 Å². The molecule has 10 heteroatoms. The van der Waals surface area contributed by atoms with Gasteiger partial charge in [0.1, 0.15) is 5.52 Å². The highest BCUT2D eigenvalue weighted by Crippen LogP contribution is 2.33. The van der Waals surface area contributed by atoms with E-state index in [1.165, 1.54) is 10.9 Å². The van der Waals surface area contributed by atoms with Gasteiger partial charge in [-0.3, -0.25) is 4.79 Å². The molecule has 2 fully saturated rings. The molecule has 1 saturated carbocycles. The molecule has 2 aliphatic rings. The zero-order chi connectivity index (χ0) is 16.2. The molecule has 122 valence electrons. The smallest absolute Gasteiger partial charge is 0.365 e. The molecular weight excluding hydrogens is 313 g/mol. The van der Waals surface area contributed by atoms with E-state index in [-0.39, 0.29) is 35.9 Å². The lowest BCUT2D eigenvalue weighted by molar-refractivity contribution is -0.144. The quantitative estimate of drug-likeness (QED) is 0.892. The van der Waals surface area contributed by atoms with Gasteiger partial charge >= 0.3 is 6.18 Å². The molecule has 0 bridgehead atoms. The predicted octanol–water partition coefficient (Wildman–Crippen LogP) is 1.48. The topological polar surface area (TPSA) is 84.7 Å². The van der Waals surface area contributed by atoms with E-state index in [9.17, 15) is 18.0 Å². The van der Waals surface area contributed by atoms with Gasteiger partial charge in [0.15, 0.2) is 11.5 Å². The van der Waals surface area contributed by atoms with E-state index in [4.69, 9.17) is 0 Å². The summed E-state index contributed by atoms with van der Waals surface area (Å²) in [6.07, 6.45) is -1.24. The molecule has 0 unspecified atom stereocenters. The maximum Gasteiger partial charge on any atom is 0.451 e. The Kier molecular flexibility index (Phi) is 2.97. The van der Waals surface area contributed by atoms with Crippen molar-refractivity contribution in [3.63, 3.8) is 0 Å². The Morgan fingerprint density at radius 2 is 2.09 bits per heavy atom. The van der Waals surface area contributed by atoms with Crippen molar-refractivity contribution < 1.29 is 18.0 Å². The second-order valence-corrected chi connectivity index (χ2v) is 5.80. The number of nitrogens with one attached hydrogen (secondary N) is 2. The molecule has 1 saturated heterocycles. The van der Waals surface area contributed by atoms with Crippen LogP contribution in [0.25, 0.3) is 11.2 Å². The first-order valence-corrected chi connectivity index (χ1v) is 7.27. The van der Waals surface area contributed by atoms with Gasteiger partial charge in [-0.25, -0.2) is 15.0 Å².